The van der Waals surface area contributed by atoms with E-state index in [2.05, 4.69) is 47.0 Å². The molecule has 0 aromatic carbocycles. The third-order valence-electron chi connectivity index (χ3n) is 4.34. The Labute approximate surface area is 197 Å². The number of hydrogen-bond donors (Lipinski definition) is 2. The van der Waals surface area contributed by atoms with Gasteiger partial charge in [0.25, 0.3) is 0 Å². The zero-order valence-corrected chi connectivity index (χ0v) is 20.5. The standard InChI is InChI=1S/C24H35O8P/c1-3-5-7-9-10-11-12-13-15-17-19-24(26)32-22(21-31-33(27,28)29)20-30-23(25)18-16-14-8-6-4-2/h22H,3,5,7,9-13,15,17,19-21H2,1-2H3,(H2,27,28,29)/t22-/m1/s1. The Morgan fingerprint density at radius 2 is 1.42 bits per heavy atom. The number of unbranched alkanes of at least 4 members (excludes halogenated alkanes) is 9. The zero-order chi connectivity index (χ0) is 24.8. The predicted octanol–water partition coefficient (Wildman–Crippen LogP) is 3.89. The molecule has 0 aliphatic rings. The first-order valence-electron chi connectivity index (χ1n) is 11.3. The molecule has 0 rings (SSSR count). The molecule has 0 fully saturated rings. The second-order valence-corrected chi connectivity index (χ2v) is 8.54. The minimum Gasteiger partial charge on any atom is -0.456 e. The van der Waals surface area contributed by atoms with Gasteiger partial charge in [0.2, 0.25) is 0 Å². The van der Waals surface area contributed by atoms with Crippen molar-refractivity contribution in [1.29, 1.82) is 0 Å². The molecule has 9 heteroatoms. The van der Waals surface area contributed by atoms with Crippen LogP contribution in [0.1, 0.15) is 84.5 Å². The van der Waals surface area contributed by atoms with Crippen LogP contribution in [-0.4, -0.2) is 41.0 Å². The van der Waals surface area contributed by atoms with Gasteiger partial charge in [0.05, 0.1) is 6.61 Å². The Hall–Kier alpha value is -2.27. The largest absolute Gasteiger partial charge is 0.469 e. The van der Waals surface area contributed by atoms with Crippen LogP contribution in [0.4, 0.5) is 0 Å². The highest BCUT2D eigenvalue weighted by molar-refractivity contribution is 7.46. The number of hydrogen-bond acceptors (Lipinski definition) is 6. The van der Waals surface area contributed by atoms with E-state index in [0.29, 0.717) is 6.42 Å². The Balaban J connectivity index is 4.31. The van der Waals surface area contributed by atoms with Gasteiger partial charge in [-0.15, -0.1) is 0 Å². The van der Waals surface area contributed by atoms with Crippen LogP contribution in [-0.2, 0) is 28.2 Å². The lowest BCUT2D eigenvalue weighted by Gasteiger charge is -2.17. The van der Waals surface area contributed by atoms with Crippen LogP contribution in [0, 0.1) is 35.5 Å². The lowest BCUT2D eigenvalue weighted by molar-refractivity contribution is -0.158. The lowest BCUT2D eigenvalue weighted by Crippen LogP contribution is -2.29. The van der Waals surface area contributed by atoms with E-state index in [-0.39, 0.29) is 6.42 Å². The van der Waals surface area contributed by atoms with E-state index in [9.17, 15) is 14.2 Å². The van der Waals surface area contributed by atoms with Crippen molar-refractivity contribution in [2.45, 2.75) is 90.6 Å². The van der Waals surface area contributed by atoms with Gasteiger partial charge in [0.15, 0.2) is 6.10 Å². The maximum Gasteiger partial charge on any atom is 0.469 e. The third kappa shape index (κ3) is 22.7. The van der Waals surface area contributed by atoms with Crippen molar-refractivity contribution in [2.24, 2.45) is 0 Å². The number of phosphoric acid groups is 1. The molecule has 0 radical (unpaired) electrons. The fraction of sp³-hybridized carbons (Fsp3) is 0.667. The molecular weight excluding hydrogens is 447 g/mol. The zero-order valence-electron chi connectivity index (χ0n) is 19.6. The van der Waals surface area contributed by atoms with Gasteiger partial charge in [-0.25, -0.2) is 9.36 Å². The number of esters is 2. The maximum absolute atomic E-state index is 12.1. The average molecular weight is 483 g/mol. The molecule has 0 amide bonds. The van der Waals surface area contributed by atoms with Gasteiger partial charge in [-0.1, -0.05) is 70.6 Å². The molecule has 33 heavy (non-hydrogen) atoms. The van der Waals surface area contributed by atoms with Crippen LogP contribution in [0.15, 0.2) is 0 Å². The Morgan fingerprint density at radius 3 is 2.00 bits per heavy atom. The summed E-state index contributed by atoms with van der Waals surface area (Å²) in [5.41, 5.74) is 0. The van der Waals surface area contributed by atoms with Gasteiger partial charge in [-0.3, -0.25) is 9.32 Å². The van der Waals surface area contributed by atoms with Gasteiger partial charge in [-0.05, 0) is 37.0 Å². The number of rotatable bonds is 17. The molecule has 0 bridgehead atoms. The molecule has 2 N–H and O–H groups in total. The van der Waals surface area contributed by atoms with Crippen LogP contribution in [0.25, 0.3) is 0 Å². The van der Waals surface area contributed by atoms with Crippen molar-refractivity contribution < 1.29 is 37.9 Å². The quantitative estimate of drug-likeness (QED) is 0.105. The van der Waals surface area contributed by atoms with Crippen molar-refractivity contribution >= 4 is 19.8 Å². The normalized spacial score (nSPS) is 11.0. The smallest absolute Gasteiger partial charge is 0.456 e. The van der Waals surface area contributed by atoms with Gasteiger partial charge in [-0.2, -0.15) is 0 Å². The Bertz CT molecular complexity index is 798. The third-order valence-corrected chi connectivity index (χ3v) is 4.82. The molecule has 184 valence electrons. The van der Waals surface area contributed by atoms with E-state index in [4.69, 9.17) is 19.3 Å². The fourth-order valence-corrected chi connectivity index (χ4v) is 3.07. The van der Waals surface area contributed by atoms with Crippen molar-refractivity contribution in [3.05, 3.63) is 0 Å². The molecule has 0 aromatic heterocycles. The van der Waals surface area contributed by atoms with Gasteiger partial charge in [0, 0.05) is 12.3 Å². The van der Waals surface area contributed by atoms with E-state index in [1.807, 2.05) is 0 Å². The summed E-state index contributed by atoms with van der Waals surface area (Å²) in [6, 6.07) is 0. The van der Waals surface area contributed by atoms with Crippen LogP contribution in [0.2, 0.25) is 0 Å². The van der Waals surface area contributed by atoms with E-state index >= 15 is 0 Å². The predicted molar refractivity (Wildman–Crippen MR) is 124 cm³/mol. The first kappa shape index (κ1) is 30.7. The molecule has 8 nitrogen and oxygen atoms in total. The molecular formula is C24H35O8P. The van der Waals surface area contributed by atoms with Crippen molar-refractivity contribution in [2.75, 3.05) is 13.2 Å². The summed E-state index contributed by atoms with van der Waals surface area (Å²) in [7, 11) is -4.78. The summed E-state index contributed by atoms with van der Waals surface area (Å²) in [6.45, 7) is 2.72. The average Bonchev–Trinajstić information content (AvgIpc) is 2.76. The summed E-state index contributed by atoms with van der Waals surface area (Å²) in [5, 5.41) is 0. The number of carbonyl (C=O) groups is 2. The van der Waals surface area contributed by atoms with Crippen LogP contribution in [0.5, 0.6) is 0 Å². The second kappa shape index (κ2) is 20.3. The maximum atomic E-state index is 12.1. The Morgan fingerprint density at radius 1 is 0.848 bits per heavy atom. The second-order valence-electron chi connectivity index (χ2n) is 7.30. The first-order valence-corrected chi connectivity index (χ1v) is 12.8. The van der Waals surface area contributed by atoms with E-state index < -0.39 is 39.1 Å². The molecule has 0 heterocycles. The van der Waals surface area contributed by atoms with Crippen LogP contribution >= 0.6 is 7.82 Å². The molecule has 0 saturated carbocycles. The van der Waals surface area contributed by atoms with E-state index in [1.165, 1.54) is 38.5 Å². The number of carbonyl (C=O) groups excluding carboxylic acids is 2. The highest BCUT2D eigenvalue weighted by Crippen LogP contribution is 2.35. The van der Waals surface area contributed by atoms with Gasteiger partial charge >= 0.3 is 19.8 Å². The molecule has 0 spiro atoms. The van der Waals surface area contributed by atoms with Gasteiger partial charge < -0.3 is 19.3 Å². The Kier molecular flexibility index (Phi) is 18.9. The lowest BCUT2D eigenvalue weighted by atomic mass is 10.1. The topological polar surface area (TPSA) is 119 Å². The highest BCUT2D eigenvalue weighted by atomic mass is 31.2. The summed E-state index contributed by atoms with van der Waals surface area (Å²) in [4.78, 5) is 41.4. The summed E-state index contributed by atoms with van der Waals surface area (Å²) < 4.78 is 25.3. The van der Waals surface area contributed by atoms with E-state index in [1.54, 1.807) is 6.92 Å². The molecule has 0 unspecified atom stereocenters. The molecule has 0 saturated heterocycles. The van der Waals surface area contributed by atoms with Crippen LogP contribution in [0.3, 0.4) is 0 Å². The molecule has 0 aromatic rings. The van der Waals surface area contributed by atoms with Gasteiger partial charge in [0.1, 0.15) is 6.61 Å². The minimum absolute atomic E-state index is 0.157. The minimum atomic E-state index is -4.78. The monoisotopic (exact) mass is 482 g/mol. The van der Waals surface area contributed by atoms with Crippen LogP contribution < -0.4 is 0 Å². The van der Waals surface area contributed by atoms with Crippen molar-refractivity contribution in [3.63, 3.8) is 0 Å². The van der Waals surface area contributed by atoms with Crippen molar-refractivity contribution in [1.82, 2.24) is 0 Å². The molecule has 0 aliphatic carbocycles. The number of ether oxygens (including phenoxy) is 2. The number of phosphoric ester groups is 1. The van der Waals surface area contributed by atoms with Crippen molar-refractivity contribution in [3.8, 4) is 35.5 Å². The van der Waals surface area contributed by atoms with E-state index in [0.717, 1.165) is 19.3 Å². The summed E-state index contributed by atoms with van der Waals surface area (Å²) in [5.74, 6) is 12.6. The SMILES string of the molecule is CC#CC#CC#CC(=O)OC[C@H](COP(=O)(O)O)OC(=O)CCCCCCCCCCCC. The molecule has 1 atom stereocenters. The highest BCUT2D eigenvalue weighted by Gasteiger charge is 2.22. The summed E-state index contributed by atoms with van der Waals surface area (Å²) >= 11 is 0. The molecule has 0 aliphatic heterocycles. The first-order chi connectivity index (χ1) is 15.8. The fourth-order valence-electron chi connectivity index (χ4n) is 2.71. The summed E-state index contributed by atoms with van der Waals surface area (Å²) in [6.07, 6.45) is 10.2.